The Balaban J connectivity index is 1.62. The SMILES string of the molecule is Cn1c(=O)n(CC(=O)CCc2ccncc2)c2ncc(-c3cc(Cl)cc(Cl)c3)cc21. The molecule has 0 bridgehead atoms. The van der Waals surface area contributed by atoms with Gasteiger partial charge in [0, 0.05) is 47.7 Å². The quantitative estimate of drug-likeness (QED) is 0.447. The standard InChI is InChI=1S/C22H18Cl2N4O2/c1-27-20-10-16(15-8-17(23)11-18(24)9-15)12-26-21(20)28(22(27)30)13-19(29)3-2-14-4-6-25-7-5-14/h4-12H,2-3,13H2,1H3. The minimum atomic E-state index is -0.281. The van der Waals surface area contributed by atoms with Crippen LogP contribution in [0.1, 0.15) is 12.0 Å². The zero-order chi connectivity index (χ0) is 21.3. The first kappa shape index (κ1) is 20.3. The number of imidazole rings is 1. The van der Waals surface area contributed by atoms with Crippen LogP contribution in [0.4, 0.5) is 0 Å². The molecule has 152 valence electrons. The van der Waals surface area contributed by atoms with Crippen LogP contribution in [-0.2, 0) is 24.8 Å². The number of fused-ring (bicyclic) bond motifs is 1. The van der Waals surface area contributed by atoms with E-state index in [1.165, 1.54) is 9.13 Å². The highest BCUT2D eigenvalue weighted by Gasteiger charge is 2.16. The molecule has 0 fully saturated rings. The molecule has 0 spiro atoms. The number of benzene rings is 1. The topological polar surface area (TPSA) is 69.8 Å². The number of aryl methyl sites for hydroxylation is 2. The predicted molar refractivity (Wildman–Crippen MR) is 118 cm³/mol. The van der Waals surface area contributed by atoms with Crippen molar-refractivity contribution in [3.63, 3.8) is 0 Å². The van der Waals surface area contributed by atoms with Gasteiger partial charge in [-0.05, 0) is 53.9 Å². The largest absolute Gasteiger partial charge is 0.330 e. The van der Waals surface area contributed by atoms with Crippen LogP contribution in [0.5, 0.6) is 0 Å². The highest BCUT2D eigenvalue weighted by Crippen LogP contribution is 2.28. The Morgan fingerprint density at radius 3 is 2.43 bits per heavy atom. The molecule has 0 radical (unpaired) electrons. The lowest BCUT2D eigenvalue weighted by molar-refractivity contribution is -0.119. The van der Waals surface area contributed by atoms with Crippen molar-refractivity contribution in [1.82, 2.24) is 19.1 Å². The summed E-state index contributed by atoms with van der Waals surface area (Å²) in [5, 5.41) is 1.03. The number of Topliss-reactive ketones (excluding diaryl/α,β-unsaturated/α-hetero) is 1. The highest BCUT2D eigenvalue weighted by molar-refractivity contribution is 6.35. The average molecular weight is 441 g/mol. The molecule has 0 N–H and O–H groups in total. The summed E-state index contributed by atoms with van der Waals surface area (Å²) in [6, 6.07) is 10.8. The maximum atomic E-state index is 12.7. The van der Waals surface area contributed by atoms with E-state index in [1.807, 2.05) is 18.2 Å². The van der Waals surface area contributed by atoms with Crippen molar-refractivity contribution < 1.29 is 4.79 Å². The molecule has 0 aliphatic carbocycles. The number of halogens is 2. The molecular formula is C22H18Cl2N4O2. The van der Waals surface area contributed by atoms with Gasteiger partial charge < -0.3 is 0 Å². The van der Waals surface area contributed by atoms with E-state index in [0.717, 1.165) is 16.7 Å². The second kappa shape index (κ2) is 8.42. The van der Waals surface area contributed by atoms with Crippen LogP contribution in [0.3, 0.4) is 0 Å². The summed E-state index contributed by atoms with van der Waals surface area (Å²) in [6.07, 6.45) is 5.99. The van der Waals surface area contributed by atoms with E-state index in [4.69, 9.17) is 23.2 Å². The Kier molecular flexibility index (Phi) is 5.70. The number of nitrogens with zero attached hydrogens (tertiary/aromatic N) is 4. The summed E-state index contributed by atoms with van der Waals surface area (Å²) >= 11 is 12.2. The third-order valence-electron chi connectivity index (χ3n) is 4.95. The maximum Gasteiger partial charge on any atom is 0.330 e. The molecule has 0 atom stereocenters. The fourth-order valence-electron chi connectivity index (χ4n) is 3.38. The molecule has 8 heteroatoms. The zero-order valence-corrected chi connectivity index (χ0v) is 17.7. The minimum absolute atomic E-state index is 0.0173. The molecule has 0 aliphatic heterocycles. The molecular weight excluding hydrogens is 423 g/mol. The normalized spacial score (nSPS) is 11.2. The Morgan fingerprint density at radius 2 is 1.73 bits per heavy atom. The summed E-state index contributed by atoms with van der Waals surface area (Å²) < 4.78 is 2.91. The van der Waals surface area contributed by atoms with Gasteiger partial charge in [0.25, 0.3) is 0 Å². The van der Waals surface area contributed by atoms with Gasteiger partial charge in [-0.25, -0.2) is 9.78 Å². The van der Waals surface area contributed by atoms with Gasteiger partial charge in [0.2, 0.25) is 0 Å². The maximum absolute atomic E-state index is 12.7. The van der Waals surface area contributed by atoms with Gasteiger partial charge in [-0.3, -0.25) is 18.9 Å². The number of ketones is 1. The van der Waals surface area contributed by atoms with E-state index >= 15 is 0 Å². The van der Waals surface area contributed by atoms with Gasteiger partial charge in [-0.15, -0.1) is 0 Å². The third kappa shape index (κ3) is 4.15. The van der Waals surface area contributed by atoms with Crippen LogP contribution in [0.2, 0.25) is 10.0 Å². The van der Waals surface area contributed by atoms with Crippen molar-refractivity contribution in [2.24, 2.45) is 7.05 Å². The van der Waals surface area contributed by atoms with Crippen molar-refractivity contribution in [2.75, 3.05) is 0 Å². The summed E-state index contributed by atoms with van der Waals surface area (Å²) in [5.74, 6) is -0.0334. The zero-order valence-electron chi connectivity index (χ0n) is 16.2. The van der Waals surface area contributed by atoms with Gasteiger partial charge in [-0.2, -0.15) is 0 Å². The molecule has 3 heterocycles. The minimum Gasteiger partial charge on any atom is -0.298 e. The molecule has 0 amide bonds. The summed E-state index contributed by atoms with van der Waals surface area (Å²) in [4.78, 5) is 33.7. The van der Waals surface area contributed by atoms with Crippen LogP contribution in [0.15, 0.2) is 59.8 Å². The Morgan fingerprint density at radius 1 is 1.03 bits per heavy atom. The van der Waals surface area contributed by atoms with E-state index in [-0.39, 0.29) is 18.0 Å². The van der Waals surface area contributed by atoms with E-state index in [9.17, 15) is 9.59 Å². The lowest BCUT2D eigenvalue weighted by Crippen LogP contribution is -2.25. The fourth-order valence-corrected chi connectivity index (χ4v) is 3.91. The van der Waals surface area contributed by atoms with E-state index in [2.05, 4.69) is 9.97 Å². The van der Waals surface area contributed by atoms with Gasteiger partial charge in [0.15, 0.2) is 11.4 Å². The van der Waals surface area contributed by atoms with Crippen molar-refractivity contribution in [2.45, 2.75) is 19.4 Å². The molecule has 0 saturated heterocycles. The molecule has 6 nitrogen and oxygen atoms in total. The number of carbonyl (C=O) groups is 1. The number of carbonyl (C=O) groups excluding carboxylic acids is 1. The van der Waals surface area contributed by atoms with E-state index in [0.29, 0.717) is 34.1 Å². The molecule has 0 aliphatic rings. The average Bonchev–Trinajstić information content (AvgIpc) is 2.97. The molecule has 4 rings (SSSR count). The van der Waals surface area contributed by atoms with Gasteiger partial charge in [-0.1, -0.05) is 23.2 Å². The fraction of sp³-hybridized carbons (Fsp3) is 0.182. The lowest BCUT2D eigenvalue weighted by Gasteiger charge is -2.05. The third-order valence-corrected chi connectivity index (χ3v) is 5.39. The summed E-state index contributed by atoms with van der Waals surface area (Å²) in [7, 11) is 1.67. The summed E-state index contributed by atoms with van der Waals surface area (Å²) in [6.45, 7) is -0.0173. The number of aromatic nitrogens is 4. The Hall–Kier alpha value is -2.96. The number of rotatable bonds is 6. The van der Waals surface area contributed by atoms with Crippen molar-refractivity contribution in [3.05, 3.63) is 81.1 Å². The second-order valence-corrected chi connectivity index (χ2v) is 7.92. The van der Waals surface area contributed by atoms with Gasteiger partial charge in [0.1, 0.15) is 0 Å². The molecule has 1 aromatic carbocycles. The summed E-state index contributed by atoms with van der Waals surface area (Å²) in [5.41, 5.74) is 3.44. The molecule has 3 aromatic heterocycles. The molecule has 4 aromatic rings. The monoisotopic (exact) mass is 440 g/mol. The smallest absolute Gasteiger partial charge is 0.298 e. The number of hydrogen-bond donors (Lipinski definition) is 0. The number of hydrogen-bond acceptors (Lipinski definition) is 4. The van der Waals surface area contributed by atoms with Crippen LogP contribution in [-0.4, -0.2) is 24.9 Å². The van der Waals surface area contributed by atoms with Crippen LogP contribution in [0, 0.1) is 0 Å². The first-order chi connectivity index (χ1) is 14.4. The predicted octanol–water partition coefficient (Wildman–Crippen LogP) is 4.31. The Bertz CT molecular complexity index is 1280. The van der Waals surface area contributed by atoms with Crippen molar-refractivity contribution in [3.8, 4) is 11.1 Å². The second-order valence-electron chi connectivity index (χ2n) is 7.05. The van der Waals surface area contributed by atoms with Crippen LogP contribution >= 0.6 is 23.2 Å². The Labute approximate surface area is 182 Å². The molecule has 0 saturated carbocycles. The first-order valence-electron chi connectivity index (χ1n) is 9.35. The van der Waals surface area contributed by atoms with Gasteiger partial charge >= 0.3 is 5.69 Å². The highest BCUT2D eigenvalue weighted by atomic mass is 35.5. The first-order valence-corrected chi connectivity index (χ1v) is 10.1. The van der Waals surface area contributed by atoms with E-state index in [1.54, 1.807) is 43.8 Å². The molecule has 0 unspecified atom stereocenters. The van der Waals surface area contributed by atoms with E-state index < -0.39 is 0 Å². The van der Waals surface area contributed by atoms with Crippen molar-refractivity contribution in [1.29, 1.82) is 0 Å². The van der Waals surface area contributed by atoms with Crippen molar-refractivity contribution >= 4 is 40.1 Å². The van der Waals surface area contributed by atoms with Crippen LogP contribution in [0.25, 0.3) is 22.3 Å². The lowest BCUT2D eigenvalue weighted by atomic mass is 10.1. The van der Waals surface area contributed by atoms with Gasteiger partial charge in [0.05, 0.1) is 12.1 Å². The molecule has 30 heavy (non-hydrogen) atoms. The van der Waals surface area contributed by atoms with Crippen LogP contribution < -0.4 is 5.69 Å². The number of pyridine rings is 2.